The number of nitrogens with zero attached hydrogens (tertiary/aromatic N) is 4. The van der Waals surface area contributed by atoms with Crippen molar-refractivity contribution in [3.8, 4) is 17.1 Å². The summed E-state index contributed by atoms with van der Waals surface area (Å²) in [4.78, 5) is 29.2. The molecular formula is C24H23N7O3. The van der Waals surface area contributed by atoms with Crippen LogP contribution in [0.2, 0.25) is 0 Å². The molecule has 4 aromatic rings. The number of rotatable bonds is 7. The predicted molar refractivity (Wildman–Crippen MR) is 124 cm³/mol. The highest BCUT2D eigenvalue weighted by Gasteiger charge is 2.23. The van der Waals surface area contributed by atoms with Gasteiger partial charge in [0.05, 0.1) is 42.8 Å². The van der Waals surface area contributed by atoms with Gasteiger partial charge in [-0.2, -0.15) is 10.2 Å². The first-order valence-electron chi connectivity index (χ1n) is 10.9. The number of aromatic nitrogens is 5. The van der Waals surface area contributed by atoms with Gasteiger partial charge >= 0.3 is 0 Å². The van der Waals surface area contributed by atoms with Crippen LogP contribution in [0.1, 0.15) is 22.6 Å². The standard InChI is InChI=1S/C24H23N7O3/c32-23(25-13-21-28-22(30-29-21)16-4-2-1-3-5-16)17-6-8-20(9-7-17)31-14-19(12-26-31)27-24(33)18-10-11-34-15-18/h1-9,12,14,18H,10-11,13,15H2,(H,25,32)(H,27,33)(H,28,29,30). The molecule has 0 aliphatic carbocycles. The summed E-state index contributed by atoms with van der Waals surface area (Å²) < 4.78 is 6.90. The summed E-state index contributed by atoms with van der Waals surface area (Å²) in [5, 5.41) is 17.0. The van der Waals surface area contributed by atoms with Crippen molar-refractivity contribution in [2.24, 2.45) is 5.92 Å². The largest absolute Gasteiger partial charge is 0.381 e. The zero-order chi connectivity index (χ0) is 23.3. The Labute approximate surface area is 195 Å². The average molecular weight is 457 g/mol. The molecule has 0 bridgehead atoms. The number of aromatic amines is 1. The number of ether oxygens (including phenoxy) is 1. The van der Waals surface area contributed by atoms with Gasteiger partial charge in [0.1, 0.15) is 5.82 Å². The van der Waals surface area contributed by atoms with Gasteiger partial charge in [0, 0.05) is 17.7 Å². The molecule has 1 aliphatic heterocycles. The minimum Gasteiger partial charge on any atom is -0.381 e. The van der Waals surface area contributed by atoms with Crippen molar-refractivity contribution < 1.29 is 14.3 Å². The second-order valence-corrected chi connectivity index (χ2v) is 7.92. The fraction of sp³-hybridized carbons (Fsp3) is 0.208. The third kappa shape index (κ3) is 4.86. The lowest BCUT2D eigenvalue weighted by Crippen LogP contribution is -2.23. The molecule has 10 heteroatoms. The van der Waals surface area contributed by atoms with E-state index in [-0.39, 0.29) is 24.3 Å². The number of carbonyl (C=O) groups excluding carboxylic acids is 2. The molecule has 1 fully saturated rings. The Morgan fingerprint density at radius 3 is 2.71 bits per heavy atom. The van der Waals surface area contributed by atoms with Crippen molar-refractivity contribution in [2.75, 3.05) is 18.5 Å². The maximum absolute atomic E-state index is 12.5. The fourth-order valence-corrected chi connectivity index (χ4v) is 3.64. The van der Waals surface area contributed by atoms with Crippen molar-refractivity contribution in [1.82, 2.24) is 30.3 Å². The van der Waals surface area contributed by atoms with Crippen LogP contribution >= 0.6 is 0 Å². The van der Waals surface area contributed by atoms with Crippen molar-refractivity contribution in [1.29, 1.82) is 0 Å². The van der Waals surface area contributed by atoms with E-state index in [2.05, 4.69) is 30.9 Å². The summed E-state index contributed by atoms with van der Waals surface area (Å²) >= 11 is 0. The number of benzene rings is 2. The topological polar surface area (TPSA) is 127 Å². The molecule has 2 amide bonds. The SMILES string of the molecule is O=C(NCc1nc(-c2ccccc2)n[nH]1)c1ccc(-n2cc(NC(=O)C3CCOC3)cn2)cc1. The Hall–Kier alpha value is -4.31. The Bertz CT molecular complexity index is 1280. The third-order valence-electron chi connectivity index (χ3n) is 5.52. The first kappa shape index (κ1) is 21.5. The Balaban J connectivity index is 1.17. The molecule has 0 spiro atoms. The van der Waals surface area contributed by atoms with Crippen LogP contribution in [0.15, 0.2) is 67.0 Å². The van der Waals surface area contributed by atoms with Gasteiger partial charge in [-0.15, -0.1) is 0 Å². The van der Waals surface area contributed by atoms with Gasteiger partial charge in [0.2, 0.25) is 5.91 Å². The van der Waals surface area contributed by atoms with Crippen LogP contribution in [0.4, 0.5) is 5.69 Å². The second kappa shape index (κ2) is 9.67. The Morgan fingerprint density at radius 2 is 1.94 bits per heavy atom. The van der Waals surface area contributed by atoms with Crippen LogP contribution in [0.5, 0.6) is 0 Å². The van der Waals surface area contributed by atoms with Gasteiger partial charge in [0.25, 0.3) is 5.91 Å². The number of amides is 2. The molecule has 1 unspecified atom stereocenters. The summed E-state index contributed by atoms with van der Waals surface area (Å²) in [6, 6.07) is 16.6. The zero-order valence-electron chi connectivity index (χ0n) is 18.3. The average Bonchev–Trinajstić information content (AvgIpc) is 3.65. The number of hydrogen-bond donors (Lipinski definition) is 3. The number of nitrogens with one attached hydrogen (secondary N) is 3. The highest BCUT2D eigenvalue weighted by atomic mass is 16.5. The molecule has 2 aromatic carbocycles. The smallest absolute Gasteiger partial charge is 0.251 e. The number of anilines is 1. The lowest BCUT2D eigenvalue weighted by molar-refractivity contribution is -0.119. The monoisotopic (exact) mass is 457 g/mol. The number of hydrogen-bond acceptors (Lipinski definition) is 6. The minimum absolute atomic E-state index is 0.0632. The maximum atomic E-state index is 12.5. The van der Waals surface area contributed by atoms with E-state index >= 15 is 0 Å². The van der Waals surface area contributed by atoms with Crippen LogP contribution in [0.25, 0.3) is 17.1 Å². The summed E-state index contributed by atoms with van der Waals surface area (Å²) in [6.07, 6.45) is 4.06. The van der Waals surface area contributed by atoms with Gasteiger partial charge in [-0.25, -0.2) is 9.67 Å². The second-order valence-electron chi connectivity index (χ2n) is 7.92. The molecule has 3 N–H and O–H groups in total. The van der Waals surface area contributed by atoms with Gasteiger partial charge < -0.3 is 15.4 Å². The summed E-state index contributed by atoms with van der Waals surface area (Å²) in [7, 11) is 0. The summed E-state index contributed by atoms with van der Waals surface area (Å²) in [5.74, 6) is 0.742. The van der Waals surface area contributed by atoms with Crippen molar-refractivity contribution in [3.05, 3.63) is 78.4 Å². The molecular weight excluding hydrogens is 434 g/mol. The fourth-order valence-electron chi connectivity index (χ4n) is 3.64. The van der Waals surface area contributed by atoms with E-state index < -0.39 is 0 Å². The predicted octanol–water partition coefficient (Wildman–Crippen LogP) is 2.56. The zero-order valence-corrected chi connectivity index (χ0v) is 18.3. The van der Waals surface area contributed by atoms with E-state index in [9.17, 15) is 9.59 Å². The van der Waals surface area contributed by atoms with Crippen LogP contribution in [-0.2, 0) is 16.1 Å². The van der Waals surface area contributed by atoms with Crippen LogP contribution in [0.3, 0.4) is 0 Å². The maximum Gasteiger partial charge on any atom is 0.251 e. The molecule has 1 aliphatic rings. The highest BCUT2D eigenvalue weighted by molar-refractivity contribution is 5.94. The molecule has 172 valence electrons. The number of carbonyl (C=O) groups is 2. The molecule has 0 saturated carbocycles. The van der Waals surface area contributed by atoms with Gasteiger partial charge in [-0.1, -0.05) is 30.3 Å². The number of H-pyrrole nitrogens is 1. The third-order valence-corrected chi connectivity index (χ3v) is 5.52. The summed E-state index contributed by atoms with van der Waals surface area (Å²) in [6.45, 7) is 1.30. The van der Waals surface area contributed by atoms with Gasteiger partial charge in [0.15, 0.2) is 5.82 Å². The summed E-state index contributed by atoms with van der Waals surface area (Å²) in [5.41, 5.74) is 2.79. The van der Waals surface area contributed by atoms with E-state index in [1.807, 2.05) is 30.3 Å². The minimum atomic E-state index is -0.226. The first-order chi connectivity index (χ1) is 16.7. The van der Waals surface area contributed by atoms with E-state index in [1.54, 1.807) is 41.3 Å². The molecule has 5 rings (SSSR count). The molecule has 3 heterocycles. The molecule has 10 nitrogen and oxygen atoms in total. The molecule has 0 radical (unpaired) electrons. The Kier molecular flexibility index (Phi) is 6.13. The first-order valence-corrected chi connectivity index (χ1v) is 10.9. The van der Waals surface area contributed by atoms with Crippen molar-refractivity contribution in [2.45, 2.75) is 13.0 Å². The normalized spacial score (nSPS) is 15.2. The quantitative estimate of drug-likeness (QED) is 0.391. The van der Waals surface area contributed by atoms with E-state index in [1.165, 1.54) is 0 Å². The lowest BCUT2D eigenvalue weighted by atomic mass is 10.1. The van der Waals surface area contributed by atoms with Gasteiger partial charge in [-0.3, -0.25) is 14.7 Å². The molecule has 1 saturated heterocycles. The van der Waals surface area contributed by atoms with E-state index in [0.29, 0.717) is 36.1 Å². The lowest BCUT2D eigenvalue weighted by Gasteiger charge is -2.07. The van der Waals surface area contributed by atoms with E-state index in [4.69, 9.17) is 4.74 Å². The molecule has 1 atom stereocenters. The van der Waals surface area contributed by atoms with E-state index in [0.717, 1.165) is 17.7 Å². The Morgan fingerprint density at radius 1 is 1.12 bits per heavy atom. The van der Waals surface area contributed by atoms with Crippen LogP contribution in [0, 0.1) is 5.92 Å². The van der Waals surface area contributed by atoms with Crippen LogP contribution < -0.4 is 10.6 Å². The molecule has 34 heavy (non-hydrogen) atoms. The van der Waals surface area contributed by atoms with Crippen molar-refractivity contribution >= 4 is 17.5 Å². The van der Waals surface area contributed by atoms with Crippen molar-refractivity contribution in [3.63, 3.8) is 0 Å². The highest BCUT2D eigenvalue weighted by Crippen LogP contribution is 2.17. The van der Waals surface area contributed by atoms with Crippen LogP contribution in [-0.4, -0.2) is 50.0 Å². The van der Waals surface area contributed by atoms with Gasteiger partial charge in [-0.05, 0) is 30.7 Å². The molecule has 2 aromatic heterocycles.